The molecule has 0 saturated heterocycles. The van der Waals surface area contributed by atoms with Crippen LogP contribution in [0.3, 0.4) is 0 Å². The van der Waals surface area contributed by atoms with Crippen molar-refractivity contribution in [3.05, 3.63) is 30.7 Å². The van der Waals surface area contributed by atoms with Crippen LogP contribution in [0.1, 0.15) is 5.69 Å². The number of amidine groups is 1. The quantitative estimate of drug-likeness (QED) is 0.260. The largest absolute Gasteiger partial charge is 0.480 e. The van der Waals surface area contributed by atoms with Gasteiger partial charge in [0.2, 0.25) is 5.88 Å². The Morgan fingerprint density at radius 1 is 1.68 bits per heavy atom. The summed E-state index contributed by atoms with van der Waals surface area (Å²) >= 11 is 5.10. The number of hydrogen-bond donors (Lipinski definition) is 2. The van der Waals surface area contributed by atoms with Crippen molar-refractivity contribution in [2.24, 2.45) is 10.8 Å². The highest BCUT2D eigenvalue weighted by Crippen LogP contribution is 2.03. The van der Waals surface area contributed by atoms with Crippen LogP contribution in [0.5, 0.6) is 5.88 Å². The minimum absolute atomic E-state index is 0.191. The van der Waals surface area contributed by atoms with E-state index in [-0.39, 0.29) is 5.84 Å². The Morgan fingerprint density at radius 3 is 3.05 bits per heavy atom. The first-order valence-electron chi connectivity index (χ1n) is 5.41. The van der Waals surface area contributed by atoms with E-state index in [1.54, 1.807) is 13.1 Å². The van der Waals surface area contributed by atoms with Gasteiger partial charge in [0.25, 0.3) is 0 Å². The van der Waals surface area contributed by atoms with Gasteiger partial charge in [0.05, 0.1) is 19.5 Å². The summed E-state index contributed by atoms with van der Waals surface area (Å²) in [5.74, 6) is 0.558. The third-order valence-electron chi connectivity index (χ3n) is 2.03. The summed E-state index contributed by atoms with van der Waals surface area (Å²) in [4.78, 5) is 8.07. The Labute approximate surface area is 117 Å². The Bertz CT molecular complexity index is 490. The smallest absolute Gasteiger partial charge is 0.232 e. The molecule has 0 atom stereocenters. The first kappa shape index (κ1) is 14.8. The Hall–Kier alpha value is -2.22. The summed E-state index contributed by atoms with van der Waals surface area (Å²) in [5.41, 5.74) is 6.24. The van der Waals surface area contributed by atoms with E-state index in [0.717, 1.165) is 0 Å². The molecule has 8 heteroatoms. The third-order valence-corrected chi connectivity index (χ3v) is 2.44. The van der Waals surface area contributed by atoms with E-state index in [9.17, 15) is 0 Å². The Balaban J connectivity index is 2.79. The highest BCUT2D eigenvalue weighted by atomic mass is 32.1. The van der Waals surface area contributed by atoms with Gasteiger partial charge in [0.15, 0.2) is 10.9 Å². The van der Waals surface area contributed by atoms with E-state index in [1.165, 1.54) is 24.5 Å². The summed E-state index contributed by atoms with van der Waals surface area (Å²) in [5, 5.41) is 8.90. The number of thiocarbonyl (C=S) groups is 1. The molecule has 0 aliphatic carbocycles. The number of hydrazone groups is 1. The van der Waals surface area contributed by atoms with E-state index in [4.69, 9.17) is 22.7 Å². The fourth-order valence-electron chi connectivity index (χ4n) is 1.10. The highest BCUT2D eigenvalue weighted by Gasteiger charge is 2.07. The van der Waals surface area contributed by atoms with Gasteiger partial charge in [-0.3, -0.25) is 4.98 Å². The van der Waals surface area contributed by atoms with Gasteiger partial charge in [-0.05, 0) is 12.2 Å². The molecular weight excluding hydrogens is 264 g/mol. The zero-order chi connectivity index (χ0) is 14.3. The monoisotopic (exact) mass is 280 g/mol. The highest BCUT2D eigenvalue weighted by molar-refractivity contribution is 7.80. The zero-order valence-corrected chi connectivity index (χ0v) is 11.6. The molecule has 0 aromatic carbocycles. The van der Waals surface area contributed by atoms with Gasteiger partial charge < -0.3 is 15.8 Å². The molecule has 3 N–H and O–H groups in total. The normalized spacial score (nSPS) is 10.7. The number of ether oxygens (including phenoxy) is 1. The molecule has 19 heavy (non-hydrogen) atoms. The molecule has 1 aromatic heterocycles. The van der Waals surface area contributed by atoms with Crippen molar-refractivity contribution in [2.45, 2.75) is 0 Å². The fourth-order valence-corrected chi connectivity index (χ4v) is 1.23. The van der Waals surface area contributed by atoms with Crippen LogP contribution in [0, 0.1) is 0 Å². The number of rotatable bonds is 5. The van der Waals surface area contributed by atoms with Crippen LogP contribution in [0.15, 0.2) is 30.2 Å². The first-order valence-corrected chi connectivity index (χ1v) is 5.82. The molecule has 0 fully saturated rings. The van der Waals surface area contributed by atoms with Crippen LogP contribution in [0.2, 0.25) is 0 Å². The van der Waals surface area contributed by atoms with Crippen molar-refractivity contribution in [3.8, 4) is 5.88 Å². The van der Waals surface area contributed by atoms with Gasteiger partial charge in [0, 0.05) is 13.6 Å². The summed E-state index contributed by atoms with van der Waals surface area (Å²) in [6.45, 7) is 4.14. The van der Waals surface area contributed by atoms with Crippen LogP contribution in [0.25, 0.3) is 0 Å². The Morgan fingerprint density at radius 2 is 2.42 bits per heavy atom. The maximum absolute atomic E-state index is 5.83. The number of methoxy groups -OCH3 is 1. The molecule has 0 unspecified atom stereocenters. The van der Waals surface area contributed by atoms with Crippen LogP contribution in [-0.2, 0) is 0 Å². The van der Waals surface area contributed by atoms with Gasteiger partial charge in [-0.1, -0.05) is 6.08 Å². The molecule has 7 nitrogen and oxygen atoms in total. The molecule has 0 aliphatic rings. The van der Waals surface area contributed by atoms with Gasteiger partial charge in [-0.15, -0.1) is 6.58 Å². The molecule has 0 saturated carbocycles. The predicted molar refractivity (Wildman–Crippen MR) is 77.9 cm³/mol. The van der Waals surface area contributed by atoms with E-state index in [1.807, 2.05) is 0 Å². The summed E-state index contributed by atoms with van der Waals surface area (Å²) in [6, 6.07) is 0. The van der Waals surface area contributed by atoms with E-state index >= 15 is 0 Å². The number of aromatic nitrogens is 2. The summed E-state index contributed by atoms with van der Waals surface area (Å²) < 4.78 is 4.96. The predicted octanol–water partition coefficient (Wildman–Crippen LogP) is 0.0978. The van der Waals surface area contributed by atoms with Crippen molar-refractivity contribution < 1.29 is 4.74 Å². The molecule has 0 aliphatic heterocycles. The van der Waals surface area contributed by atoms with Crippen molar-refractivity contribution in [1.29, 1.82) is 0 Å². The van der Waals surface area contributed by atoms with Gasteiger partial charge in [0.1, 0.15) is 5.69 Å². The van der Waals surface area contributed by atoms with Crippen LogP contribution < -0.4 is 15.8 Å². The molecule has 1 aromatic rings. The lowest BCUT2D eigenvalue weighted by Crippen LogP contribution is -2.35. The second-order valence-corrected chi connectivity index (χ2v) is 3.82. The second-order valence-electron chi connectivity index (χ2n) is 3.43. The maximum Gasteiger partial charge on any atom is 0.232 e. The number of nitrogens with zero attached hydrogens (tertiary/aromatic N) is 4. The summed E-state index contributed by atoms with van der Waals surface area (Å²) in [7, 11) is 3.18. The van der Waals surface area contributed by atoms with Crippen LogP contribution in [-0.4, -0.2) is 46.6 Å². The standard InChI is InChI=1S/C11H16N6OS/c1-4-5-14-11(19)17(2)16-10(12)8-6-13-7-9(15-8)18-3/h4,6-7H,1,5H2,2-3H3,(H2,12,16)(H,14,19). The second kappa shape index (κ2) is 7.27. The summed E-state index contributed by atoms with van der Waals surface area (Å²) in [6.07, 6.45) is 4.67. The topological polar surface area (TPSA) is 88.7 Å². The molecule has 102 valence electrons. The van der Waals surface area contributed by atoms with E-state index in [0.29, 0.717) is 23.2 Å². The average Bonchev–Trinajstić information content (AvgIpc) is 2.44. The molecular formula is C11H16N6OS. The molecule has 0 spiro atoms. The molecule has 0 radical (unpaired) electrons. The van der Waals surface area contributed by atoms with Crippen LogP contribution >= 0.6 is 12.2 Å². The van der Waals surface area contributed by atoms with Gasteiger partial charge in [-0.25, -0.2) is 9.99 Å². The van der Waals surface area contributed by atoms with Crippen LogP contribution in [0.4, 0.5) is 0 Å². The van der Waals surface area contributed by atoms with Crippen molar-refractivity contribution in [3.63, 3.8) is 0 Å². The zero-order valence-electron chi connectivity index (χ0n) is 10.8. The van der Waals surface area contributed by atoms with Gasteiger partial charge in [-0.2, -0.15) is 5.10 Å². The molecule has 1 rings (SSSR count). The maximum atomic E-state index is 5.83. The molecule has 0 bridgehead atoms. The fraction of sp³-hybridized carbons (Fsp3) is 0.273. The third kappa shape index (κ3) is 4.51. The number of nitrogens with two attached hydrogens (primary N) is 1. The minimum Gasteiger partial charge on any atom is -0.480 e. The molecule has 0 amide bonds. The van der Waals surface area contributed by atoms with Crippen molar-refractivity contribution >= 4 is 23.2 Å². The SMILES string of the molecule is C=CCNC(=S)N(C)/N=C(\N)c1cncc(OC)n1. The van der Waals surface area contributed by atoms with Crippen molar-refractivity contribution in [1.82, 2.24) is 20.3 Å². The lowest BCUT2D eigenvalue weighted by molar-refractivity contribution is 0.395. The number of nitrogens with one attached hydrogen (secondary N) is 1. The lowest BCUT2D eigenvalue weighted by Gasteiger charge is -2.15. The Kier molecular flexibility index (Phi) is 5.68. The first-order chi connectivity index (χ1) is 9.08. The van der Waals surface area contributed by atoms with E-state index in [2.05, 4.69) is 27.0 Å². The average molecular weight is 280 g/mol. The minimum atomic E-state index is 0.191. The lowest BCUT2D eigenvalue weighted by atomic mass is 10.4. The molecule has 1 heterocycles. The van der Waals surface area contributed by atoms with Gasteiger partial charge >= 0.3 is 0 Å². The van der Waals surface area contributed by atoms with E-state index < -0.39 is 0 Å². The van der Waals surface area contributed by atoms with Crippen molar-refractivity contribution in [2.75, 3.05) is 20.7 Å². The number of hydrogen-bond acceptors (Lipinski definition) is 5.